The van der Waals surface area contributed by atoms with Crippen LogP contribution in [-0.2, 0) is 28.6 Å². The van der Waals surface area contributed by atoms with Gasteiger partial charge in [0.15, 0.2) is 6.10 Å². The first kappa shape index (κ1) is 78.8. The van der Waals surface area contributed by atoms with Crippen LogP contribution >= 0.6 is 0 Å². The zero-order valence-electron chi connectivity index (χ0n) is 54.8. The Morgan fingerprint density at radius 1 is 0.256 bits per heavy atom. The molecule has 82 heavy (non-hydrogen) atoms. The highest BCUT2D eigenvalue weighted by molar-refractivity contribution is 5.71. The molecule has 0 saturated heterocycles. The van der Waals surface area contributed by atoms with Crippen molar-refractivity contribution in [3.63, 3.8) is 0 Å². The molecule has 6 nitrogen and oxygen atoms in total. The third-order valence-electron chi connectivity index (χ3n) is 15.9. The van der Waals surface area contributed by atoms with Gasteiger partial charge >= 0.3 is 17.9 Å². The Hall–Kier alpha value is -3.15. The van der Waals surface area contributed by atoms with Crippen molar-refractivity contribution < 1.29 is 28.6 Å². The molecule has 0 heterocycles. The van der Waals surface area contributed by atoms with E-state index in [1.165, 1.54) is 231 Å². The average molecular weight is 1150 g/mol. The van der Waals surface area contributed by atoms with Crippen LogP contribution in [0, 0.1) is 0 Å². The minimum atomic E-state index is -0.785. The van der Waals surface area contributed by atoms with Crippen molar-refractivity contribution >= 4 is 17.9 Å². The first-order valence-electron chi connectivity index (χ1n) is 35.9. The minimum Gasteiger partial charge on any atom is -0.462 e. The SMILES string of the molecule is CC/C=C\C/C=C\C/C=C\C/C=C\CCCCCCC(=O)OCC(COC(=O)CCCCCCCCCCCCCCCCCCC/C=C\C/C=C\CCCCCCC)OC(=O)CCCCCCCCCCCCCCCCCCCC. The van der Waals surface area contributed by atoms with Crippen molar-refractivity contribution in [3.8, 4) is 0 Å². The molecule has 0 aliphatic rings. The molecule has 0 aliphatic carbocycles. The van der Waals surface area contributed by atoms with Crippen LogP contribution in [0.2, 0.25) is 0 Å². The number of allylic oxidation sites excluding steroid dienone is 12. The largest absolute Gasteiger partial charge is 0.462 e. The summed E-state index contributed by atoms with van der Waals surface area (Å²) >= 11 is 0. The summed E-state index contributed by atoms with van der Waals surface area (Å²) in [6, 6.07) is 0. The lowest BCUT2D eigenvalue weighted by atomic mass is 10.0. The number of rotatable bonds is 66. The van der Waals surface area contributed by atoms with Crippen molar-refractivity contribution in [3.05, 3.63) is 72.9 Å². The van der Waals surface area contributed by atoms with Gasteiger partial charge in [-0.3, -0.25) is 14.4 Å². The predicted octanol–water partition coefficient (Wildman–Crippen LogP) is 24.8. The van der Waals surface area contributed by atoms with Crippen LogP contribution in [0.15, 0.2) is 72.9 Å². The third-order valence-corrected chi connectivity index (χ3v) is 15.9. The first-order chi connectivity index (χ1) is 40.5. The number of ether oxygens (including phenoxy) is 3. The van der Waals surface area contributed by atoms with Gasteiger partial charge in [0.25, 0.3) is 0 Å². The van der Waals surface area contributed by atoms with E-state index in [0.29, 0.717) is 19.3 Å². The zero-order chi connectivity index (χ0) is 59.2. The fourth-order valence-electron chi connectivity index (χ4n) is 10.6. The molecule has 1 unspecified atom stereocenters. The van der Waals surface area contributed by atoms with E-state index in [4.69, 9.17) is 14.2 Å². The Balaban J connectivity index is 4.27. The molecule has 6 heteroatoms. The van der Waals surface area contributed by atoms with Crippen molar-refractivity contribution in [2.75, 3.05) is 13.2 Å². The van der Waals surface area contributed by atoms with Crippen LogP contribution in [0.1, 0.15) is 374 Å². The summed E-state index contributed by atoms with van der Waals surface area (Å²) in [6.45, 7) is 6.56. The van der Waals surface area contributed by atoms with E-state index < -0.39 is 6.10 Å². The van der Waals surface area contributed by atoms with Gasteiger partial charge in [0, 0.05) is 19.3 Å². The van der Waals surface area contributed by atoms with Crippen LogP contribution < -0.4 is 0 Å². The molecule has 0 bridgehead atoms. The van der Waals surface area contributed by atoms with Crippen LogP contribution in [-0.4, -0.2) is 37.2 Å². The van der Waals surface area contributed by atoms with Gasteiger partial charge in [0.1, 0.15) is 13.2 Å². The van der Waals surface area contributed by atoms with Crippen LogP contribution in [0.25, 0.3) is 0 Å². The number of hydrogen-bond donors (Lipinski definition) is 0. The lowest BCUT2D eigenvalue weighted by Crippen LogP contribution is -2.30. The number of carbonyl (C=O) groups is 3. The van der Waals surface area contributed by atoms with E-state index in [1.807, 2.05) is 0 Å². The molecule has 0 rings (SSSR count). The summed E-state index contributed by atoms with van der Waals surface area (Å²) in [5.41, 5.74) is 0. The quantitative estimate of drug-likeness (QED) is 0.0261. The molecular formula is C76H136O6. The average Bonchev–Trinajstić information content (AvgIpc) is 3.47. The Morgan fingerprint density at radius 3 is 0.744 bits per heavy atom. The fraction of sp³-hybridized carbons (Fsp3) is 0.803. The highest BCUT2D eigenvalue weighted by atomic mass is 16.6. The molecule has 476 valence electrons. The maximum atomic E-state index is 13.0. The molecule has 0 amide bonds. The second-order valence-corrected chi connectivity index (χ2v) is 24.1. The fourth-order valence-corrected chi connectivity index (χ4v) is 10.6. The van der Waals surface area contributed by atoms with E-state index in [-0.39, 0.29) is 31.1 Å². The normalized spacial score (nSPS) is 12.5. The summed E-state index contributed by atoms with van der Waals surface area (Å²) in [7, 11) is 0. The van der Waals surface area contributed by atoms with Gasteiger partial charge in [-0.25, -0.2) is 0 Å². The van der Waals surface area contributed by atoms with Crippen LogP contribution in [0.4, 0.5) is 0 Å². The second kappa shape index (κ2) is 70.3. The molecule has 0 aromatic carbocycles. The summed E-state index contributed by atoms with van der Waals surface area (Å²) in [5, 5.41) is 0. The molecule has 0 aromatic heterocycles. The highest BCUT2D eigenvalue weighted by Crippen LogP contribution is 2.18. The van der Waals surface area contributed by atoms with Crippen molar-refractivity contribution in [1.29, 1.82) is 0 Å². The Morgan fingerprint density at radius 2 is 0.476 bits per heavy atom. The van der Waals surface area contributed by atoms with E-state index in [2.05, 4.69) is 93.7 Å². The molecular weight excluding hydrogens is 1010 g/mol. The topological polar surface area (TPSA) is 78.9 Å². The number of carbonyl (C=O) groups excluding carboxylic acids is 3. The molecule has 0 N–H and O–H groups in total. The standard InChI is InChI=1S/C76H136O6/c1-4-7-10-13-16-19-22-25-28-31-33-34-35-36-37-38-39-40-41-42-43-46-48-51-54-57-60-63-66-69-75(78)81-72-73(71-80-74(77)68-65-62-59-56-53-50-47-44-30-27-24-21-18-15-12-9-6-3)82-76(79)70-67-64-61-58-55-52-49-45-32-29-26-23-20-17-14-11-8-5-2/h9,12,18,21-22,25,27,30-31,33,47,50,73H,4-8,10-11,13-17,19-20,23-24,26,28-29,32,34-46,48-49,51-72H2,1-3H3/b12-9-,21-18-,25-22-,30-27-,33-31-,50-47-. The summed E-state index contributed by atoms with van der Waals surface area (Å²) in [6.07, 6.45) is 92.2. The smallest absolute Gasteiger partial charge is 0.306 e. The molecule has 1 atom stereocenters. The molecule has 0 saturated carbocycles. The van der Waals surface area contributed by atoms with Crippen molar-refractivity contribution in [2.24, 2.45) is 0 Å². The van der Waals surface area contributed by atoms with Crippen molar-refractivity contribution in [1.82, 2.24) is 0 Å². The van der Waals surface area contributed by atoms with Gasteiger partial charge in [-0.05, 0) is 89.9 Å². The third kappa shape index (κ3) is 67.6. The lowest BCUT2D eigenvalue weighted by molar-refractivity contribution is -0.167. The van der Waals surface area contributed by atoms with Gasteiger partial charge in [-0.15, -0.1) is 0 Å². The molecule has 0 aliphatic heterocycles. The van der Waals surface area contributed by atoms with Gasteiger partial charge < -0.3 is 14.2 Å². The number of unbranched alkanes of at least 4 members (excludes halogenated alkanes) is 43. The van der Waals surface area contributed by atoms with Gasteiger partial charge in [-0.2, -0.15) is 0 Å². The maximum absolute atomic E-state index is 13.0. The van der Waals surface area contributed by atoms with E-state index in [1.54, 1.807) is 0 Å². The Bertz CT molecular complexity index is 1500. The van der Waals surface area contributed by atoms with Crippen LogP contribution in [0.5, 0.6) is 0 Å². The van der Waals surface area contributed by atoms with Gasteiger partial charge in [-0.1, -0.05) is 338 Å². The van der Waals surface area contributed by atoms with E-state index >= 15 is 0 Å². The zero-order valence-corrected chi connectivity index (χ0v) is 54.8. The molecule has 0 radical (unpaired) electrons. The Kier molecular flexibility index (Phi) is 67.6. The van der Waals surface area contributed by atoms with E-state index in [9.17, 15) is 14.4 Å². The number of esters is 3. The van der Waals surface area contributed by atoms with Crippen molar-refractivity contribution in [2.45, 2.75) is 380 Å². The monoisotopic (exact) mass is 1150 g/mol. The van der Waals surface area contributed by atoms with Crippen LogP contribution in [0.3, 0.4) is 0 Å². The number of hydrogen-bond acceptors (Lipinski definition) is 6. The lowest BCUT2D eigenvalue weighted by Gasteiger charge is -2.18. The molecule has 0 aromatic rings. The van der Waals surface area contributed by atoms with E-state index in [0.717, 1.165) is 103 Å². The maximum Gasteiger partial charge on any atom is 0.306 e. The first-order valence-corrected chi connectivity index (χ1v) is 35.9. The minimum absolute atomic E-state index is 0.0788. The predicted molar refractivity (Wildman–Crippen MR) is 358 cm³/mol. The van der Waals surface area contributed by atoms with Gasteiger partial charge in [0.2, 0.25) is 0 Å². The summed E-state index contributed by atoms with van der Waals surface area (Å²) in [4.78, 5) is 38.5. The van der Waals surface area contributed by atoms with Gasteiger partial charge in [0.05, 0.1) is 0 Å². The summed E-state index contributed by atoms with van der Waals surface area (Å²) < 4.78 is 17.0. The highest BCUT2D eigenvalue weighted by Gasteiger charge is 2.19. The summed E-state index contributed by atoms with van der Waals surface area (Å²) in [5.74, 6) is -0.879. The Labute approximate surface area is 510 Å². The second-order valence-electron chi connectivity index (χ2n) is 24.1. The molecule has 0 spiro atoms. The molecule has 0 fully saturated rings.